The topological polar surface area (TPSA) is 54.4 Å². The predicted octanol–water partition coefficient (Wildman–Crippen LogP) is 1.98. The van der Waals surface area contributed by atoms with Gasteiger partial charge in [0, 0.05) is 0 Å². The third-order valence-corrected chi connectivity index (χ3v) is 2.81. The molecule has 0 saturated carbocycles. The summed E-state index contributed by atoms with van der Waals surface area (Å²) >= 11 is 0. The maximum atomic E-state index is 10.3. The van der Waals surface area contributed by atoms with Crippen molar-refractivity contribution < 1.29 is 13.0 Å². The summed E-state index contributed by atoms with van der Waals surface area (Å²) in [6, 6.07) is 0. The van der Waals surface area contributed by atoms with Crippen LogP contribution in [0.1, 0.15) is 51.9 Å². The SMILES string of the molecule is CCCCCCCCCS(=O)(=O)O.[KH]. The average molecular weight is 248 g/mol. The van der Waals surface area contributed by atoms with Crippen LogP contribution in [-0.4, -0.2) is 70.1 Å². The Morgan fingerprint density at radius 3 is 1.79 bits per heavy atom. The van der Waals surface area contributed by atoms with Crippen LogP contribution in [0.5, 0.6) is 0 Å². The van der Waals surface area contributed by atoms with Crippen LogP contribution >= 0.6 is 0 Å². The normalized spacial score (nSPS) is 11.0. The van der Waals surface area contributed by atoms with Crippen molar-refractivity contribution in [3.8, 4) is 0 Å². The van der Waals surface area contributed by atoms with Gasteiger partial charge < -0.3 is 0 Å². The minimum absolute atomic E-state index is 0. The number of hydrogen-bond donors (Lipinski definition) is 1. The van der Waals surface area contributed by atoms with Gasteiger partial charge in [-0.05, 0) is 6.42 Å². The first-order chi connectivity index (χ1) is 6.06. The van der Waals surface area contributed by atoms with Crippen molar-refractivity contribution in [1.29, 1.82) is 0 Å². The van der Waals surface area contributed by atoms with Gasteiger partial charge in [-0.1, -0.05) is 45.4 Å². The molecule has 0 aliphatic heterocycles. The maximum absolute atomic E-state index is 10.3. The van der Waals surface area contributed by atoms with E-state index in [-0.39, 0.29) is 57.1 Å². The van der Waals surface area contributed by atoms with Gasteiger partial charge in [0.15, 0.2) is 0 Å². The second-order valence-corrected chi connectivity index (χ2v) is 4.98. The third kappa shape index (κ3) is 16.0. The summed E-state index contributed by atoms with van der Waals surface area (Å²) in [7, 11) is -3.72. The first-order valence-electron chi connectivity index (χ1n) is 5.01. The summed E-state index contributed by atoms with van der Waals surface area (Å²) in [6.45, 7) is 2.17. The van der Waals surface area contributed by atoms with E-state index in [1.54, 1.807) is 0 Å². The van der Waals surface area contributed by atoms with E-state index < -0.39 is 10.1 Å². The van der Waals surface area contributed by atoms with Crippen LogP contribution in [-0.2, 0) is 10.1 Å². The summed E-state index contributed by atoms with van der Waals surface area (Å²) in [5.41, 5.74) is 0. The van der Waals surface area contributed by atoms with E-state index >= 15 is 0 Å². The zero-order valence-corrected chi connectivity index (χ0v) is 9.15. The fraction of sp³-hybridized carbons (Fsp3) is 1.00. The van der Waals surface area contributed by atoms with Crippen molar-refractivity contribution in [2.45, 2.75) is 51.9 Å². The summed E-state index contributed by atoms with van der Waals surface area (Å²) in [5, 5.41) is 0. The molecular weight excluding hydrogens is 227 g/mol. The Morgan fingerprint density at radius 2 is 1.36 bits per heavy atom. The standard InChI is InChI=1S/C9H20O3S.K.H/c1-2-3-4-5-6-7-8-9-13(10,11)12;;/h2-9H2,1H3,(H,10,11,12);;. The molecule has 5 heteroatoms. The molecule has 0 aliphatic carbocycles. The molecule has 0 aromatic heterocycles. The van der Waals surface area contributed by atoms with Crippen molar-refractivity contribution in [3.05, 3.63) is 0 Å². The van der Waals surface area contributed by atoms with Crippen molar-refractivity contribution in [2.24, 2.45) is 0 Å². The Hall–Kier alpha value is 1.55. The van der Waals surface area contributed by atoms with E-state index in [0.29, 0.717) is 6.42 Å². The molecule has 0 radical (unpaired) electrons. The zero-order chi connectivity index (χ0) is 10.2. The molecule has 0 aromatic rings. The molecular formula is C9H21KO3S. The first kappa shape index (κ1) is 17.9. The molecule has 0 aromatic carbocycles. The minimum atomic E-state index is -3.72. The van der Waals surface area contributed by atoms with Gasteiger partial charge in [0.25, 0.3) is 10.1 Å². The number of unbranched alkanes of at least 4 members (excludes halogenated alkanes) is 6. The Kier molecular flexibility index (Phi) is 14.1. The summed E-state index contributed by atoms with van der Waals surface area (Å²) in [6.07, 6.45) is 7.48. The van der Waals surface area contributed by atoms with Gasteiger partial charge in [-0.25, -0.2) is 0 Å². The monoisotopic (exact) mass is 248 g/mol. The summed E-state index contributed by atoms with van der Waals surface area (Å²) in [5.74, 6) is -0.0826. The molecule has 82 valence electrons. The molecule has 0 unspecified atom stereocenters. The molecule has 0 aliphatic rings. The van der Waals surface area contributed by atoms with Crippen LogP contribution in [0.3, 0.4) is 0 Å². The first-order valence-corrected chi connectivity index (χ1v) is 6.62. The fourth-order valence-electron chi connectivity index (χ4n) is 1.24. The molecule has 1 N–H and O–H groups in total. The molecule has 0 saturated heterocycles. The van der Waals surface area contributed by atoms with Gasteiger partial charge in [-0.15, -0.1) is 0 Å². The van der Waals surface area contributed by atoms with Crippen LogP contribution < -0.4 is 0 Å². The van der Waals surface area contributed by atoms with Gasteiger partial charge >= 0.3 is 51.4 Å². The van der Waals surface area contributed by atoms with Crippen molar-refractivity contribution in [1.82, 2.24) is 0 Å². The molecule has 0 heterocycles. The van der Waals surface area contributed by atoms with E-state index in [1.807, 2.05) is 0 Å². The molecule has 0 rings (SSSR count). The van der Waals surface area contributed by atoms with E-state index in [4.69, 9.17) is 4.55 Å². The molecule has 14 heavy (non-hydrogen) atoms. The van der Waals surface area contributed by atoms with Crippen LogP contribution in [0.25, 0.3) is 0 Å². The van der Waals surface area contributed by atoms with Gasteiger partial charge in [0.1, 0.15) is 0 Å². The van der Waals surface area contributed by atoms with E-state index in [9.17, 15) is 8.42 Å². The van der Waals surface area contributed by atoms with Gasteiger partial charge in [0.2, 0.25) is 0 Å². The Labute approximate surface area is 130 Å². The zero-order valence-electron chi connectivity index (χ0n) is 8.33. The summed E-state index contributed by atoms with van der Waals surface area (Å²) in [4.78, 5) is 0. The fourth-order valence-corrected chi connectivity index (χ4v) is 1.81. The van der Waals surface area contributed by atoms with E-state index in [2.05, 4.69) is 6.92 Å². The van der Waals surface area contributed by atoms with E-state index in [1.165, 1.54) is 25.7 Å². The van der Waals surface area contributed by atoms with Crippen LogP contribution in [0.15, 0.2) is 0 Å². The molecule has 0 atom stereocenters. The Balaban J connectivity index is 0. The van der Waals surface area contributed by atoms with Gasteiger partial charge in [-0.3, -0.25) is 4.55 Å². The Morgan fingerprint density at radius 1 is 0.929 bits per heavy atom. The van der Waals surface area contributed by atoms with Crippen LogP contribution in [0, 0.1) is 0 Å². The molecule has 0 fully saturated rings. The van der Waals surface area contributed by atoms with Crippen LogP contribution in [0.4, 0.5) is 0 Å². The van der Waals surface area contributed by atoms with Gasteiger partial charge in [0.05, 0.1) is 5.75 Å². The van der Waals surface area contributed by atoms with Crippen LogP contribution in [0.2, 0.25) is 0 Å². The van der Waals surface area contributed by atoms with Crippen molar-refractivity contribution in [2.75, 3.05) is 5.75 Å². The predicted molar refractivity (Wildman–Crippen MR) is 61.6 cm³/mol. The average Bonchev–Trinajstić information content (AvgIpc) is 2.01. The third-order valence-electron chi connectivity index (χ3n) is 2.01. The molecule has 3 nitrogen and oxygen atoms in total. The molecule has 0 amide bonds. The summed E-state index contributed by atoms with van der Waals surface area (Å²) < 4.78 is 29.1. The second-order valence-electron chi connectivity index (χ2n) is 3.41. The molecule has 0 spiro atoms. The Bertz CT molecular complexity index is 202. The van der Waals surface area contributed by atoms with Gasteiger partial charge in [-0.2, -0.15) is 8.42 Å². The second kappa shape index (κ2) is 11.0. The van der Waals surface area contributed by atoms with E-state index in [0.717, 1.165) is 12.8 Å². The number of hydrogen-bond acceptors (Lipinski definition) is 2. The quantitative estimate of drug-likeness (QED) is 0.406. The number of rotatable bonds is 8. The van der Waals surface area contributed by atoms with Crippen molar-refractivity contribution >= 4 is 61.5 Å². The molecule has 0 bridgehead atoms. The van der Waals surface area contributed by atoms with Crippen molar-refractivity contribution in [3.63, 3.8) is 0 Å².